The fraction of sp³-hybridized carbons (Fsp3) is 0.167. The first-order valence-electron chi connectivity index (χ1n) is 7.63. The number of benzene rings is 2. The van der Waals surface area contributed by atoms with E-state index in [0.717, 1.165) is 11.6 Å². The molecule has 1 aromatic heterocycles. The summed E-state index contributed by atoms with van der Waals surface area (Å²) in [5.41, 5.74) is 0.809. The molecule has 0 radical (unpaired) electrons. The lowest BCUT2D eigenvalue weighted by atomic mass is 10.1. The quantitative estimate of drug-likeness (QED) is 0.536. The Morgan fingerprint density at radius 2 is 1.78 bits per heavy atom. The highest BCUT2D eigenvalue weighted by Gasteiger charge is 2.33. The summed E-state index contributed by atoms with van der Waals surface area (Å²) >= 11 is 6.91. The molecular formula is C18H14ClF3N2O2S. The van der Waals surface area contributed by atoms with E-state index in [1.54, 1.807) is 24.6 Å². The van der Waals surface area contributed by atoms with Crippen LogP contribution < -0.4 is 14.8 Å². The Morgan fingerprint density at radius 1 is 1.04 bits per heavy atom. The molecule has 0 aliphatic rings. The molecule has 0 unspecified atom stereocenters. The van der Waals surface area contributed by atoms with Gasteiger partial charge in [-0.1, -0.05) is 11.6 Å². The van der Waals surface area contributed by atoms with Crippen molar-refractivity contribution in [3.05, 3.63) is 52.4 Å². The molecule has 1 N–H and O–H groups in total. The van der Waals surface area contributed by atoms with Crippen molar-refractivity contribution < 1.29 is 22.6 Å². The topological polar surface area (TPSA) is 43.4 Å². The second-order valence-electron chi connectivity index (χ2n) is 5.43. The van der Waals surface area contributed by atoms with Gasteiger partial charge in [0.1, 0.15) is 0 Å². The van der Waals surface area contributed by atoms with Gasteiger partial charge in [0.05, 0.1) is 30.5 Å². The van der Waals surface area contributed by atoms with Crippen LogP contribution >= 0.6 is 22.9 Å². The summed E-state index contributed by atoms with van der Waals surface area (Å²) in [5, 5.41) is 4.78. The van der Waals surface area contributed by atoms with Crippen LogP contribution in [0.2, 0.25) is 5.02 Å². The number of nitrogens with zero attached hydrogens (tertiary/aromatic N) is 1. The highest BCUT2D eigenvalue weighted by molar-refractivity contribution is 7.14. The predicted molar refractivity (Wildman–Crippen MR) is 100 cm³/mol. The number of thiazole rings is 1. The first-order valence-corrected chi connectivity index (χ1v) is 8.89. The standard InChI is InChI=1S/C18H14ClF3N2O2S/c1-25-15-6-3-10(7-16(15)26-2)14-9-27-17(24-14)23-11-4-5-13(19)12(8-11)18(20,21)22/h3-9H,1-2H3,(H,23,24). The van der Waals surface area contributed by atoms with Gasteiger partial charge in [0, 0.05) is 16.6 Å². The Morgan fingerprint density at radius 3 is 2.44 bits per heavy atom. The third-order valence-corrected chi connectivity index (χ3v) is 4.79. The summed E-state index contributed by atoms with van der Waals surface area (Å²) in [6.07, 6.45) is -4.53. The van der Waals surface area contributed by atoms with Crippen molar-refractivity contribution in [2.45, 2.75) is 6.18 Å². The fourth-order valence-electron chi connectivity index (χ4n) is 2.40. The minimum atomic E-state index is -4.53. The monoisotopic (exact) mass is 414 g/mol. The summed E-state index contributed by atoms with van der Waals surface area (Å²) in [5.74, 6) is 1.15. The molecule has 0 fully saturated rings. The van der Waals surface area contributed by atoms with E-state index in [9.17, 15) is 13.2 Å². The minimum Gasteiger partial charge on any atom is -0.493 e. The molecule has 2 aromatic carbocycles. The second-order valence-corrected chi connectivity index (χ2v) is 6.69. The molecule has 0 amide bonds. The number of nitrogens with one attached hydrogen (secondary N) is 1. The largest absolute Gasteiger partial charge is 0.493 e. The van der Waals surface area contributed by atoms with E-state index in [1.807, 2.05) is 6.07 Å². The number of anilines is 2. The number of hydrogen-bond donors (Lipinski definition) is 1. The molecular weight excluding hydrogens is 401 g/mol. The zero-order chi connectivity index (χ0) is 19.6. The molecule has 27 heavy (non-hydrogen) atoms. The predicted octanol–water partition coefficient (Wildman–Crippen LogP) is 6.24. The molecule has 0 bridgehead atoms. The van der Waals surface area contributed by atoms with E-state index < -0.39 is 11.7 Å². The van der Waals surface area contributed by atoms with Crippen LogP contribution in [0.25, 0.3) is 11.3 Å². The van der Waals surface area contributed by atoms with E-state index in [1.165, 1.54) is 30.6 Å². The van der Waals surface area contributed by atoms with Crippen LogP contribution in [0.4, 0.5) is 24.0 Å². The van der Waals surface area contributed by atoms with Gasteiger partial charge in [0.15, 0.2) is 16.6 Å². The Kier molecular flexibility index (Phi) is 5.48. The molecule has 4 nitrogen and oxygen atoms in total. The van der Waals surface area contributed by atoms with Crippen LogP contribution in [-0.2, 0) is 6.18 Å². The van der Waals surface area contributed by atoms with Gasteiger partial charge >= 0.3 is 6.18 Å². The zero-order valence-corrected chi connectivity index (χ0v) is 15.8. The van der Waals surface area contributed by atoms with Gasteiger partial charge in [-0.2, -0.15) is 13.2 Å². The molecule has 0 saturated heterocycles. The summed E-state index contributed by atoms with van der Waals surface area (Å²) < 4.78 is 49.4. The zero-order valence-electron chi connectivity index (χ0n) is 14.2. The maximum atomic E-state index is 13.0. The highest BCUT2D eigenvalue weighted by atomic mass is 35.5. The van der Waals surface area contributed by atoms with E-state index in [4.69, 9.17) is 21.1 Å². The Balaban J connectivity index is 1.85. The number of alkyl halides is 3. The molecule has 0 atom stereocenters. The van der Waals surface area contributed by atoms with Gasteiger partial charge in [-0.25, -0.2) is 4.98 Å². The Labute approximate surface area is 162 Å². The van der Waals surface area contributed by atoms with Crippen molar-refractivity contribution in [3.63, 3.8) is 0 Å². The normalized spacial score (nSPS) is 11.3. The van der Waals surface area contributed by atoms with E-state index in [2.05, 4.69) is 10.3 Å². The van der Waals surface area contributed by atoms with Crippen molar-refractivity contribution in [1.82, 2.24) is 4.98 Å². The van der Waals surface area contributed by atoms with E-state index in [0.29, 0.717) is 22.3 Å². The van der Waals surface area contributed by atoms with Crippen molar-refractivity contribution in [1.29, 1.82) is 0 Å². The van der Waals surface area contributed by atoms with Gasteiger partial charge in [0.25, 0.3) is 0 Å². The SMILES string of the molecule is COc1ccc(-c2csc(Nc3ccc(Cl)c(C(F)(F)F)c3)n2)cc1OC. The number of methoxy groups -OCH3 is 2. The molecule has 142 valence electrons. The highest BCUT2D eigenvalue weighted by Crippen LogP contribution is 2.38. The van der Waals surface area contributed by atoms with E-state index in [-0.39, 0.29) is 10.7 Å². The summed E-state index contributed by atoms with van der Waals surface area (Å²) in [7, 11) is 3.08. The molecule has 1 heterocycles. The van der Waals surface area contributed by atoms with Gasteiger partial charge in [-0.15, -0.1) is 11.3 Å². The average molecular weight is 415 g/mol. The third-order valence-electron chi connectivity index (χ3n) is 3.71. The number of halogens is 4. The summed E-state index contributed by atoms with van der Waals surface area (Å²) in [6.45, 7) is 0. The van der Waals surface area contributed by atoms with Crippen LogP contribution in [0.5, 0.6) is 11.5 Å². The van der Waals surface area contributed by atoms with Crippen LogP contribution in [0.1, 0.15) is 5.56 Å². The van der Waals surface area contributed by atoms with Crippen LogP contribution in [-0.4, -0.2) is 19.2 Å². The van der Waals surface area contributed by atoms with Crippen molar-refractivity contribution in [2.24, 2.45) is 0 Å². The first kappa shape index (κ1) is 19.3. The molecule has 3 aromatic rings. The third kappa shape index (κ3) is 4.28. The Hall–Kier alpha value is -2.45. The van der Waals surface area contributed by atoms with Crippen LogP contribution in [0.15, 0.2) is 41.8 Å². The van der Waals surface area contributed by atoms with Crippen molar-refractivity contribution in [2.75, 3.05) is 19.5 Å². The van der Waals surface area contributed by atoms with Gasteiger partial charge < -0.3 is 14.8 Å². The summed E-state index contributed by atoms with van der Waals surface area (Å²) in [4.78, 5) is 4.42. The van der Waals surface area contributed by atoms with Crippen molar-refractivity contribution in [3.8, 4) is 22.8 Å². The van der Waals surface area contributed by atoms with Gasteiger partial charge in [-0.3, -0.25) is 0 Å². The lowest BCUT2D eigenvalue weighted by Crippen LogP contribution is -2.06. The number of ether oxygens (including phenoxy) is 2. The molecule has 0 saturated carbocycles. The maximum absolute atomic E-state index is 13.0. The number of aromatic nitrogens is 1. The van der Waals surface area contributed by atoms with Crippen LogP contribution in [0, 0.1) is 0 Å². The van der Waals surface area contributed by atoms with Gasteiger partial charge in [-0.05, 0) is 36.4 Å². The number of hydrogen-bond acceptors (Lipinski definition) is 5. The number of rotatable bonds is 5. The second kappa shape index (κ2) is 7.66. The average Bonchev–Trinajstić information content (AvgIpc) is 3.10. The lowest BCUT2D eigenvalue weighted by Gasteiger charge is -2.11. The Bertz CT molecular complexity index is 960. The molecule has 0 aliphatic carbocycles. The molecule has 0 aliphatic heterocycles. The maximum Gasteiger partial charge on any atom is 0.417 e. The molecule has 9 heteroatoms. The summed E-state index contributed by atoms with van der Waals surface area (Å²) in [6, 6.07) is 8.99. The van der Waals surface area contributed by atoms with Crippen LogP contribution in [0.3, 0.4) is 0 Å². The lowest BCUT2D eigenvalue weighted by molar-refractivity contribution is -0.137. The minimum absolute atomic E-state index is 0.250. The molecule has 0 spiro atoms. The van der Waals surface area contributed by atoms with Crippen molar-refractivity contribution >= 4 is 33.8 Å². The fourth-order valence-corrected chi connectivity index (χ4v) is 3.37. The van der Waals surface area contributed by atoms with Gasteiger partial charge in [0.2, 0.25) is 0 Å². The van der Waals surface area contributed by atoms with E-state index >= 15 is 0 Å². The smallest absolute Gasteiger partial charge is 0.417 e. The molecule has 3 rings (SSSR count). The first-order chi connectivity index (χ1) is 12.8.